The third-order valence-electron chi connectivity index (χ3n) is 4.27. The number of benzene rings is 2. The van der Waals surface area contributed by atoms with Gasteiger partial charge in [0.05, 0.1) is 29.1 Å². The Kier molecular flexibility index (Phi) is 6.78. The Morgan fingerprint density at radius 1 is 1.17 bits per heavy atom. The summed E-state index contributed by atoms with van der Waals surface area (Å²) < 4.78 is 34.2. The number of hydrogen-bond acceptors (Lipinski definition) is 8. The predicted molar refractivity (Wildman–Crippen MR) is 112 cm³/mol. The quantitative estimate of drug-likeness (QED) is 0.413. The maximum Gasteiger partial charge on any atom is 0.337 e. The average molecular weight is 449 g/mol. The molecule has 3 rings (SSSR count). The number of oxazole rings is 1. The Morgan fingerprint density at radius 3 is 2.57 bits per heavy atom. The number of fused-ring (bicyclic) bond motifs is 1. The van der Waals surface area contributed by atoms with E-state index >= 15 is 0 Å². The van der Waals surface area contributed by atoms with Gasteiger partial charge in [0, 0.05) is 6.54 Å². The molecule has 0 saturated carbocycles. The molecule has 30 heavy (non-hydrogen) atoms. The molecule has 0 aliphatic carbocycles. The number of ether oxygens (including phenoxy) is 1. The van der Waals surface area contributed by atoms with Crippen molar-refractivity contribution in [3.63, 3.8) is 0 Å². The molecule has 0 saturated heterocycles. The Balaban J connectivity index is 1.55. The van der Waals surface area contributed by atoms with Crippen molar-refractivity contribution < 1.29 is 27.2 Å². The lowest BCUT2D eigenvalue weighted by atomic mass is 10.1. The monoisotopic (exact) mass is 448 g/mol. The third-order valence-corrected chi connectivity index (χ3v) is 6.83. The normalized spacial score (nSPS) is 11.4. The molecule has 0 aliphatic heterocycles. The first-order valence-corrected chi connectivity index (χ1v) is 11.7. The van der Waals surface area contributed by atoms with Crippen LogP contribution in [-0.2, 0) is 25.9 Å². The number of methoxy groups -OCH3 is 1. The van der Waals surface area contributed by atoms with E-state index < -0.39 is 15.8 Å². The second-order valence-electron chi connectivity index (χ2n) is 6.27. The van der Waals surface area contributed by atoms with Crippen LogP contribution in [-0.4, -0.2) is 43.9 Å². The van der Waals surface area contributed by atoms with Crippen LogP contribution < -0.4 is 5.32 Å². The molecule has 0 unspecified atom stereocenters. The molecule has 2 aromatic carbocycles. The van der Waals surface area contributed by atoms with Crippen LogP contribution >= 0.6 is 11.8 Å². The van der Waals surface area contributed by atoms with Gasteiger partial charge in [-0.15, -0.1) is 0 Å². The van der Waals surface area contributed by atoms with Crippen LogP contribution in [0.15, 0.2) is 57.0 Å². The average Bonchev–Trinajstić information content (AvgIpc) is 3.18. The summed E-state index contributed by atoms with van der Waals surface area (Å²) in [5.41, 5.74) is 2.17. The van der Waals surface area contributed by atoms with Crippen LogP contribution in [0.4, 0.5) is 0 Å². The van der Waals surface area contributed by atoms with Crippen molar-refractivity contribution in [1.29, 1.82) is 0 Å². The highest BCUT2D eigenvalue weighted by atomic mass is 32.2. The van der Waals surface area contributed by atoms with Gasteiger partial charge < -0.3 is 14.5 Å². The number of thioether (sulfide) groups is 1. The Hall–Kier alpha value is -2.85. The number of hydrogen-bond donors (Lipinski definition) is 1. The first-order chi connectivity index (χ1) is 14.3. The van der Waals surface area contributed by atoms with E-state index in [2.05, 4.69) is 15.0 Å². The molecule has 8 nitrogen and oxygen atoms in total. The molecule has 1 heterocycles. The highest BCUT2D eigenvalue weighted by Crippen LogP contribution is 2.25. The summed E-state index contributed by atoms with van der Waals surface area (Å²) in [7, 11) is -2.01. The summed E-state index contributed by atoms with van der Waals surface area (Å²) in [6, 6.07) is 11.3. The molecule has 158 valence electrons. The molecule has 1 N–H and O–H groups in total. The largest absolute Gasteiger partial charge is 0.465 e. The fraction of sp³-hybridized carbons (Fsp3) is 0.250. The molecule has 1 amide bonds. The summed E-state index contributed by atoms with van der Waals surface area (Å²) in [5, 5.41) is 3.06. The maximum absolute atomic E-state index is 12.1. The molecule has 3 aromatic rings. The van der Waals surface area contributed by atoms with Crippen molar-refractivity contribution in [2.75, 3.05) is 18.6 Å². The molecule has 1 aromatic heterocycles. The first kappa shape index (κ1) is 21.8. The Bertz CT molecular complexity index is 1170. The Labute approximate surface area is 177 Å². The lowest BCUT2D eigenvalue weighted by molar-refractivity contribution is -0.118. The summed E-state index contributed by atoms with van der Waals surface area (Å²) in [5.74, 6) is -0.537. The van der Waals surface area contributed by atoms with E-state index in [1.165, 1.54) is 19.2 Å². The highest BCUT2D eigenvalue weighted by molar-refractivity contribution is 7.99. The van der Waals surface area contributed by atoms with Crippen LogP contribution in [0.2, 0.25) is 0 Å². The minimum absolute atomic E-state index is 0.00352. The first-order valence-electron chi connectivity index (χ1n) is 9.02. The van der Waals surface area contributed by atoms with Crippen molar-refractivity contribution in [2.24, 2.45) is 0 Å². The Morgan fingerprint density at radius 2 is 1.90 bits per heavy atom. The van der Waals surface area contributed by atoms with Crippen LogP contribution in [0.25, 0.3) is 11.1 Å². The number of carbonyl (C=O) groups is 2. The van der Waals surface area contributed by atoms with E-state index in [1.807, 2.05) is 0 Å². The van der Waals surface area contributed by atoms with Crippen molar-refractivity contribution in [3.8, 4) is 0 Å². The minimum Gasteiger partial charge on any atom is -0.465 e. The molecule has 10 heteroatoms. The van der Waals surface area contributed by atoms with Gasteiger partial charge in [-0.2, -0.15) is 0 Å². The molecular weight excluding hydrogens is 428 g/mol. The van der Waals surface area contributed by atoms with E-state index in [1.54, 1.807) is 37.3 Å². The number of aromatic nitrogens is 1. The number of nitrogens with one attached hydrogen (secondary N) is 1. The van der Waals surface area contributed by atoms with Crippen LogP contribution in [0.5, 0.6) is 0 Å². The fourth-order valence-corrected chi connectivity index (χ4v) is 4.13. The van der Waals surface area contributed by atoms with Gasteiger partial charge in [-0.05, 0) is 35.9 Å². The zero-order valence-electron chi connectivity index (χ0n) is 16.4. The number of sulfone groups is 1. The van der Waals surface area contributed by atoms with Gasteiger partial charge in [-0.25, -0.2) is 18.2 Å². The van der Waals surface area contributed by atoms with Crippen molar-refractivity contribution in [2.45, 2.75) is 23.6 Å². The molecule has 0 fully saturated rings. The van der Waals surface area contributed by atoms with Gasteiger partial charge in [0.25, 0.3) is 5.22 Å². The van der Waals surface area contributed by atoms with Crippen LogP contribution in [0.1, 0.15) is 22.8 Å². The molecule has 0 bridgehead atoms. The number of nitrogens with zero attached hydrogens (tertiary/aromatic N) is 1. The maximum atomic E-state index is 12.1. The smallest absolute Gasteiger partial charge is 0.337 e. The lowest BCUT2D eigenvalue weighted by Crippen LogP contribution is -2.24. The van der Waals surface area contributed by atoms with Gasteiger partial charge in [0.2, 0.25) is 5.91 Å². The van der Waals surface area contributed by atoms with Crippen molar-refractivity contribution >= 4 is 44.6 Å². The van der Waals surface area contributed by atoms with Crippen molar-refractivity contribution in [3.05, 3.63) is 53.6 Å². The zero-order valence-corrected chi connectivity index (χ0v) is 18.0. The van der Waals surface area contributed by atoms with Gasteiger partial charge in [0.1, 0.15) is 5.52 Å². The number of carbonyl (C=O) groups excluding carboxylic acids is 2. The lowest BCUT2D eigenvalue weighted by Gasteiger charge is -2.05. The molecular formula is C20H20N2O6S2. The summed E-state index contributed by atoms with van der Waals surface area (Å²) >= 11 is 1.12. The van der Waals surface area contributed by atoms with Crippen LogP contribution in [0.3, 0.4) is 0 Å². The van der Waals surface area contributed by atoms with E-state index in [0.717, 1.165) is 17.3 Å². The minimum atomic E-state index is -3.33. The zero-order chi connectivity index (χ0) is 21.7. The second kappa shape index (κ2) is 9.31. The molecule has 0 atom stereocenters. The van der Waals surface area contributed by atoms with E-state index in [0.29, 0.717) is 23.2 Å². The van der Waals surface area contributed by atoms with Gasteiger partial charge in [-0.3, -0.25) is 4.79 Å². The van der Waals surface area contributed by atoms with Gasteiger partial charge in [0.15, 0.2) is 15.4 Å². The molecule has 0 radical (unpaired) electrons. The second-order valence-corrected chi connectivity index (χ2v) is 9.47. The summed E-state index contributed by atoms with van der Waals surface area (Å²) in [6.45, 7) is 1.89. The van der Waals surface area contributed by atoms with Crippen molar-refractivity contribution in [1.82, 2.24) is 10.3 Å². The standard InChI is InChI=1S/C20H20N2O6S2/c1-3-30(25,26)15-8-9-17-16(10-15)22-20(28-17)29-12-18(23)21-11-13-4-6-14(7-5-13)19(24)27-2/h4-10H,3,11-12H2,1-2H3,(H,21,23). The van der Waals surface area contributed by atoms with Gasteiger partial charge in [-0.1, -0.05) is 30.8 Å². The summed E-state index contributed by atoms with van der Waals surface area (Å²) in [4.78, 5) is 28.0. The molecule has 0 spiro atoms. The predicted octanol–water partition coefficient (Wildman–Crippen LogP) is 2.82. The SMILES string of the molecule is CCS(=O)(=O)c1ccc2oc(SCC(=O)NCc3ccc(C(=O)OC)cc3)nc2c1. The number of esters is 1. The van der Waals surface area contributed by atoms with E-state index in [-0.39, 0.29) is 27.5 Å². The van der Waals surface area contributed by atoms with Gasteiger partial charge >= 0.3 is 5.97 Å². The topological polar surface area (TPSA) is 116 Å². The number of rotatable bonds is 8. The highest BCUT2D eigenvalue weighted by Gasteiger charge is 2.15. The molecule has 0 aliphatic rings. The van der Waals surface area contributed by atoms with Crippen LogP contribution in [0, 0.1) is 0 Å². The summed E-state index contributed by atoms with van der Waals surface area (Å²) in [6.07, 6.45) is 0. The number of amides is 1. The van der Waals surface area contributed by atoms with E-state index in [9.17, 15) is 18.0 Å². The fourth-order valence-electron chi connectivity index (χ4n) is 2.56. The third kappa shape index (κ3) is 5.19. The van der Waals surface area contributed by atoms with E-state index in [4.69, 9.17) is 4.42 Å².